The summed E-state index contributed by atoms with van der Waals surface area (Å²) in [5.41, 5.74) is 1.40. The van der Waals surface area contributed by atoms with Gasteiger partial charge in [-0.2, -0.15) is 0 Å². The maximum absolute atomic E-state index is 13.6. The van der Waals surface area contributed by atoms with Gasteiger partial charge in [-0.05, 0) is 56.6 Å². The minimum absolute atomic E-state index is 0.0871. The Morgan fingerprint density at radius 2 is 1.83 bits per heavy atom. The average Bonchev–Trinajstić information content (AvgIpc) is 3.13. The summed E-state index contributed by atoms with van der Waals surface area (Å²) in [6.45, 7) is 6.43. The molecular formula is C27H37Cl2N3O3. The Balaban J connectivity index is 1.38. The number of rotatable bonds is 8. The van der Waals surface area contributed by atoms with Gasteiger partial charge in [0, 0.05) is 60.9 Å². The molecule has 0 saturated carbocycles. The first-order valence-electron chi connectivity index (χ1n) is 12.8. The van der Waals surface area contributed by atoms with Gasteiger partial charge in [0.15, 0.2) is 0 Å². The molecule has 0 spiro atoms. The van der Waals surface area contributed by atoms with Gasteiger partial charge < -0.3 is 10.4 Å². The van der Waals surface area contributed by atoms with Crippen LogP contribution in [-0.2, 0) is 16.1 Å². The summed E-state index contributed by atoms with van der Waals surface area (Å²) < 4.78 is 0. The van der Waals surface area contributed by atoms with Crippen LogP contribution in [0.3, 0.4) is 0 Å². The summed E-state index contributed by atoms with van der Waals surface area (Å²) in [7, 11) is 0. The molecule has 192 valence electrons. The van der Waals surface area contributed by atoms with Crippen LogP contribution in [0.15, 0.2) is 29.8 Å². The maximum atomic E-state index is 13.6. The SMILES string of the molecule is C[C@H]1CN(Cc2c(Cl)cccc2Cl)C[C@@]1(CC(=O)O)C(=O)NC1CCN(CC2=CCCCC2)CC1. The number of amides is 1. The number of carbonyl (C=O) groups is 2. The Kier molecular flexibility index (Phi) is 8.80. The number of hydrogen-bond acceptors (Lipinski definition) is 4. The summed E-state index contributed by atoms with van der Waals surface area (Å²) in [6.07, 6.45) is 9.02. The molecule has 2 fully saturated rings. The first-order chi connectivity index (χ1) is 16.8. The first kappa shape index (κ1) is 26.5. The number of carbonyl (C=O) groups excluding carboxylic acids is 1. The third kappa shape index (κ3) is 6.40. The highest BCUT2D eigenvalue weighted by Crippen LogP contribution is 2.41. The lowest BCUT2D eigenvalue weighted by Gasteiger charge is -2.36. The topological polar surface area (TPSA) is 72.9 Å². The van der Waals surface area contributed by atoms with Crippen molar-refractivity contribution in [2.45, 2.75) is 64.5 Å². The summed E-state index contributed by atoms with van der Waals surface area (Å²) in [5.74, 6) is -1.17. The van der Waals surface area contributed by atoms with Crippen molar-refractivity contribution >= 4 is 35.1 Å². The van der Waals surface area contributed by atoms with Crippen molar-refractivity contribution in [2.75, 3.05) is 32.7 Å². The molecule has 35 heavy (non-hydrogen) atoms. The number of carboxylic acids is 1. The second kappa shape index (κ2) is 11.6. The molecule has 2 heterocycles. The van der Waals surface area contributed by atoms with E-state index in [1.807, 2.05) is 6.92 Å². The Bertz CT molecular complexity index is 941. The lowest BCUT2D eigenvalue weighted by atomic mass is 9.75. The molecule has 2 N–H and O–H groups in total. The summed E-state index contributed by atoms with van der Waals surface area (Å²) in [4.78, 5) is 30.1. The van der Waals surface area contributed by atoms with E-state index in [4.69, 9.17) is 23.2 Å². The molecule has 0 bridgehead atoms. The first-order valence-corrected chi connectivity index (χ1v) is 13.6. The normalized spacial score (nSPS) is 26.5. The minimum Gasteiger partial charge on any atom is -0.481 e. The molecule has 1 aliphatic carbocycles. The second-order valence-electron chi connectivity index (χ2n) is 10.6. The largest absolute Gasteiger partial charge is 0.481 e. The third-order valence-corrected chi connectivity index (χ3v) is 8.79. The van der Waals surface area contributed by atoms with Crippen LogP contribution in [0.4, 0.5) is 0 Å². The van der Waals surface area contributed by atoms with Crippen molar-refractivity contribution in [2.24, 2.45) is 11.3 Å². The number of piperidine rings is 1. The average molecular weight is 523 g/mol. The molecule has 3 aliphatic rings. The number of hydrogen-bond donors (Lipinski definition) is 2. The monoisotopic (exact) mass is 521 g/mol. The van der Waals surface area contributed by atoms with Gasteiger partial charge in [0.05, 0.1) is 11.8 Å². The fourth-order valence-corrected chi connectivity index (χ4v) is 6.50. The number of aliphatic carboxylic acids is 1. The number of carboxylic acid groups (broad SMARTS) is 1. The van der Waals surface area contributed by atoms with Crippen molar-refractivity contribution in [1.29, 1.82) is 0 Å². The molecule has 6 nitrogen and oxygen atoms in total. The molecule has 2 aliphatic heterocycles. The zero-order chi connectivity index (χ0) is 25.0. The Morgan fingerprint density at radius 1 is 1.11 bits per heavy atom. The zero-order valence-electron chi connectivity index (χ0n) is 20.6. The minimum atomic E-state index is -0.969. The van der Waals surface area contributed by atoms with E-state index in [-0.39, 0.29) is 24.3 Å². The number of benzene rings is 1. The van der Waals surface area contributed by atoms with Gasteiger partial charge in [0.1, 0.15) is 0 Å². The predicted octanol–water partition coefficient (Wildman–Crippen LogP) is 4.99. The van der Waals surface area contributed by atoms with Crippen LogP contribution in [0.5, 0.6) is 0 Å². The fourth-order valence-electron chi connectivity index (χ4n) is 5.98. The van der Waals surface area contributed by atoms with E-state index in [2.05, 4.69) is 21.2 Å². The van der Waals surface area contributed by atoms with Gasteiger partial charge in [-0.15, -0.1) is 0 Å². The van der Waals surface area contributed by atoms with Crippen LogP contribution in [0.1, 0.15) is 57.4 Å². The summed E-state index contributed by atoms with van der Waals surface area (Å²) in [6, 6.07) is 5.50. The molecule has 1 amide bonds. The van der Waals surface area contributed by atoms with Crippen LogP contribution in [-0.4, -0.2) is 65.5 Å². The van der Waals surface area contributed by atoms with Gasteiger partial charge >= 0.3 is 5.97 Å². The summed E-state index contributed by atoms with van der Waals surface area (Å²) in [5, 5.41) is 14.1. The molecule has 0 unspecified atom stereocenters. The molecule has 1 aromatic rings. The van der Waals surface area contributed by atoms with Crippen molar-refractivity contribution in [3.63, 3.8) is 0 Å². The highest BCUT2D eigenvalue weighted by molar-refractivity contribution is 6.35. The number of nitrogens with one attached hydrogen (secondary N) is 1. The van der Waals surface area contributed by atoms with Crippen molar-refractivity contribution in [3.8, 4) is 0 Å². The molecule has 2 saturated heterocycles. The maximum Gasteiger partial charge on any atom is 0.304 e. The van der Waals surface area contributed by atoms with Crippen molar-refractivity contribution in [1.82, 2.24) is 15.1 Å². The van der Waals surface area contributed by atoms with Crippen LogP contribution >= 0.6 is 23.2 Å². The molecule has 1 aromatic carbocycles. The molecular weight excluding hydrogens is 485 g/mol. The van der Waals surface area contributed by atoms with Gasteiger partial charge in [-0.1, -0.05) is 47.8 Å². The predicted molar refractivity (Wildman–Crippen MR) is 140 cm³/mol. The molecule has 0 radical (unpaired) electrons. The van der Waals surface area contributed by atoms with Gasteiger partial charge in [-0.3, -0.25) is 19.4 Å². The summed E-state index contributed by atoms with van der Waals surface area (Å²) >= 11 is 12.7. The molecule has 0 aromatic heterocycles. The number of nitrogens with zero attached hydrogens (tertiary/aromatic N) is 2. The third-order valence-electron chi connectivity index (χ3n) is 8.08. The molecule has 4 rings (SSSR count). The fraction of sp³-hybridized carbons (Fsp3) is 0.630. The van der Waals surface area contributed by atoms with Gasteiger partial charge in [0.2, 0.25) is 5.91 Å². The van der Waals surface area contributed by atoms with Crippen LogP contribution in [0.2, 0.25) is 10.0 Å². The van der Waals surface area contributed by atoms with Gasteiger partial charge in [-0.25, -0.2) is 0 Å². The Morgan fingerprint density at radius 3 is 2.46 bits per heavy atom. The Labute approximate surface area is 218 Å². The molecule has 2 atom stereocenters. The van der Waals surface area contributed by atoms with Crippen LogP contribution in [0.25, 0.3) is 0 Å². The van der Waals surface area contributed by atoms with Crippen LogP contribution < -0.4 is 5.32 Å². The lowest BCUT2D eigenvalue weighted by molar-refractivity contribution is -0.147. The smallest absolute Gasteiger partial charge is 0.304 e. The van der Waals surface area contributed by atoms with E-state index in [1.54, 1.807) is 23.8 Å². The van der Waals surface area contributed by atoms with E-state index in [0.717, 1.165) is 38.0 Å². The standard InChI is InChI=1S/C27H37Cl2N3O3/c1-19-15-32(17-22-23(28)8-5-9-24(22)29)18-27(19,14-25(33)34)26(35)30-21-10-12-31(13-11-21)16-20-6-3-2-4-7-20/h5-6,8-9,19,21H,2-4,7,10-18H2,1H3,(H,30,35)(H,33,34)/t19-,27+/m0/s1. The number of allylic oxidation sites excluding steroid dienone is 1. The second-order valence-corrected chi connectivity index (χ2v) is 11.4. The van der Waals surface area contributed by atoms with E-state index in [9.17, 15) is 14.7 Å². The highest BCUT2D eigenvalue weighted by Gasteiger charge is 2.51. The van der Waals surface area contributed by atoms with E-state index in [0.29, 0.717) is 29.7 Å². The number of likely N-dealkylation sites (tertiary alicyclic amines) is 2. The van der Waals surface area contributed by atoms with Crippen LogP contribution in [0, 0.1) is 11.3 Å². The van der Waals surface area contributed by atoms with E-state index in [1.165, 1.54) is 25.7 Å². The van der Waals surface area contributed by atoms with E-state index >= 15 is 0 Å². The van der Waals surface area contributed by atoms with Crippen molar-refractivity contribution in [3.05, 3.63) is 45.5 Å². The lowest BCUT2D eigenvalue weighted by Crippen LogP contribution is -2.53. The van der Waals surface area contributed by atoms with E-state index < -0.39 is 11.4 Å². The van der Waals surface area contributed by atoms with Crippen molar-refractivity contribution < 1.29 is 14.7 Å². The molecule has 8 heteroatoms. The quantitative estimate of drug-likeness (QED) is 0.471. The van der Waals surface area contributed by atoms with Gasteiger partial charge in [0.25, 0.3) is 0 Å². The highest BCUT2D eigenvalue weighted by atomic mass is 35.5. The zero-order valence-corrected chi connectivity index (χ0v) is 22.1. The number of halogens is 2. The Hall–Kier alpha value is -1.60.